The molecule has 8 heteroatoms. The van der Waals surface area contributed by atoms with Gasteiger partial charge >= 0.3 is 0 Å². The van der Waals surface area contributed by atoms with Crippen molar-refractivity contribution in [2.24, 2.45) is 0 Å². The molecule has 1 aliphatic heterocycles. The molecular formula is C28H35N5O3. The molecule has 0 aliphatic carbocycles. The fourth-order valence-electron chi connectivity index (χ4n) is 4.71. The van der Waals surface area contributed by atoms with Gasteiger partial charge in [-0.25, -0.2) is 4.98 Å². The van der Waals surface area contributed by atoms with Gasteiger partial charge < -0.3 is 19.9 Å². The highest BCUT2D eigenvalue weighted by atomic mass is 16.3. The lowest BCUT2D eigenvalue weighted by molar-refractivity contribution is -0.141. The number of aryl methyl sites for hydroxylation is 3. The van der Waals surface area contributed by atoms with Crippen molar-refractivity contribution in [1.82, 2.24) is 24.8 Å². The Kier molecular flexibility index (Phi) is 8.84. The zero-order valence-corrected chi connectivity index (χ0v) is 20.8. The molecule has 2 amide bonds. The number of aliphatic hydroxyl groups is 1. The van der Waals surface area contributed by atoms with Crippen molar-refractivity contribution < 1.29 is 14.7 Å². The Morgan fingerprint density at radius 2 is 1.92 bits per heavy atom. The summed E-state index contributed by atoms with van der Waals surface area (Å²) >= 11 is 0. The van der Waals surface area contributed by atoms with Crippen LogP contribution in [-0.4, -0.2) is 62.1 Å². The molecule has 0 radical (unpaired) electrons. The molecule has 0 saturated carbocycles. The second-order valence-corrected chi connectivity index (χ2v) is 9.44. The molecule has 36 heavy (non-hydrogen) atoms. The van der Waals surface area contributed by atoms with Crippen molar-refractivity contribution in [3.05, 3.63) is 83.7 Å². The zero-order chi connectivity index (χ0) is 25.3. The molecule has 3 aromatic rings. The van der Waals surface area contributed by atoms with Crippen molar-refractivity contribution in [3.63, 3.8) is 0 Å². The highest BCUT2D eigenvalue weighted by Crippen LogP contribution is 2.30. The van der Waals surface area contributed by atoms with E-state index in [0.29, 0.717) is 50.9 Å². The van der Waals surface area contributed by atoms with Crippen LogP contribution in [0.15, 0.2) is 61.2 Å². The average molecular weight is 490 g/mol. The topological polar surface area (TPSA) is 100 Å². The number of aliphatic hydroxyl groups excluding tert-OH is 1. The third-order valence-corrected chi connectivity index (χ3v) is 6.77. The number of nitrogens with zero attached hydrogens (tertiary/aromatic N) is 4. The number of rotatable bonds is 10. The number of benzene rings is 1. The lowest BCUT2D eigenvalue weighted by Gasteiger charge is -2.33. The third-order valence-electron chi connectivity index (χ3n) is 6.77. The molecule has 1 unspecified atom stereocenters. The summed E-state index contributed by atoms with van der Waals surface area (Å²) in [6, 6.07) is 13.6. The van der Waals surface area contributed by atoms with Crippen LogP contribution in [0, 0.1) is 6.92 Å². The first-order valence-electron chi connectivity index (χ1n) is 12.7. The first-order chi connectivity index (χ1) is 17.5. The minimum atomic E-state index is -0.998. The molecule has 1 aromatic carbocycles. The molecule has 2 N–H and O–H groups in total. The number of hydrogen-bond donors (Lipinski definition) is 2. The molecular weight excluding hydrogens is 454 g/mol. The Balaban J connectivity index is 1.29. The molecule has 8 nitrogen and oxygen atoms in total. The Morgan fingerprint density at radius 1 is 1.14 bits per heavy atom. The molecule has 1 aliphatic rings. The van der Waals surface area contributed by atoms with Crippen LogP contribution in [0.3, 0.4) is 0 Å². The summed E-state index contributed by atoms with van der Waals surface area (Å²) in [5.74, 6) is -0.225. The Morgan fingerprint density at radius 3 is 2.64 bits per heavy atom. The van der Waals surface area contributed by atoms with Gasteiger partial charge in [0.15, 0.2) is 0 Å². The SMILES string of the molecule is Cc1ccc(C(=O)NCCCn2ccnc2)c(C2CCN(C(=O)C(O)CCc3ccccc3)CC2)n1. The number of nitrogens with one attached hydrogen (secondary N) is 1. The van der Waals surface area contributed by atoms with Gasteiger partial charge in [0.05, 0.1) is 17.6 Å². The van der Waals surface area contributed by atoms with E-state index >= 15 is 0 Å². The van der Waals surface area contributed by atoms with E-state index in [-0.39, 0.29) is 17.7 Å². The van der Waals surface area contributed by atoms with Crippen molar-refractivity contribution in [1.29, 1.82) is 0 Å². The van der Waals surface area contributed by atoms with Gasteiger partial charge in [0, 0.05) is 50.2 Å². The second-order valence-electron chi connectivity index (χ2n) is 9.44. The number of aromatic nitrogens is 3. The monoisotopic (exact) mass is 489 g/mol. The van der Waals surface area contributed by atoms with Gasteiger partial charge in [-0.1, -0.05) is 30.3 Å². The zero-order valence-electron chi connectivity index (χ0n) is 20.8. The standard InChI is InChI=1S/C28H35N5O3/c1-21-8-10-24(27(35)30-14-5-16-32-19-15-29-20-32)26(31-21)23-12-17-33(18-13-23)28(36)25(34)11-9-22-6-3-2-4-7-22/h2-4,6-8,10,15,19-20,23,25,34H,5,9,11-14,16-18H2,1H3,(H,30,35). The van der Waals surface area contributed by atoms with Crippen LogP contribution in [0.5, 0.6) is 0 Å². The van der Waals surface area contributed by atoms with E-state index in [1.165, 1.54) is 0 Å². The van der Waals surface area contributed by atoms with E-state index in [2.05, 4.69) is 10.3 Å². The van der Waals surface area contributed by atoms with Gasteiger partial charge in [-0.05, 0) is 56.7 Å². The highest BCUT2D eigenvalue weighted by Gasteiger charge is 2.30. The van der Waals surface area contributed by atoms with Crippen molar-refractivity contribution >= 4 is 11.8 Å². The number of hydrogen-bond acceptors (Lipinski definition) is 5. The summed E-state index contributed by atoms with van der Waals surface area (Å²) in [4.78, 5) is 36.3. The van der Waals surface area contributed by atoms with E-state index in [0.717, 1.165) is 29.9 Å². The Bertz CT molecular complexity index is 1130. The van der Waals surface area contributed by atoms with Crippen LogP contribution in [0.25, 0.3) is 0 Å². The fraction of sp³-hybridized carbons (Fsp3) is 0.429. The van der Waals surface area contributed by atoms with Gasteiger partial charge in [0.1, 0.15) is 6.10 Å². The molecule has 0 spiro atoms. The Hall–Kier alpha value is -3.52. The fourth-order valence-corrected chi connectivity index (χ4v) is 4.71. The van der Waals surface area contributed by atoms with Crippen molar-refractivity contribution in [3.8, 4) is 0 Å². The van der Waals surface area contributed by atoms with Crippen LogP contribution in [0.1, 0.15) is 58.9 Å². The van der Waals surface area contributed by atoms with Crippen LogP contribution in [-0.2, 0) is 17.8 Å². The number of likely N-dealkylation sites (tertiary alicyclic amines) is 1. The van der Waals surface area contributed by atoms with E-state index in [1.54, 1.807) is 17.4 Å². The minimum absolute atomic E-state index is 0.0992. The largest absolute Gasteiger partial charge is 0.383 e. The van der Waals surface area contributed by atoms with E-state index in [1.807, 2.05) is 60.2 Å². The summed E-state index contributed by atoms with van der Waals surface area (Å²) in [7, 11) is 0. The van der Waals surface area contributed by atoms with Crippen molar-refractivity contribution in [2.75, 3.05) is 19.6 Å². The smallest absolute Gasteiger partial charge is 0.253 e. The van der Waals surface area contributed by atoms with E-state index < -0.39 is 6.10 Å². The predicted octanol–water partition coefficient (Wildman–Crippen LogP) is 3.11. The number of carbonyl (C=O) groups is 2. The maximum absolute atomic E-state index is 13.0. The van der Waals surface area contributed by atoms with Crippen LogP contribution in [0.2, 0.25) is 0 Å². The summed E-state index contributed by atoms with van der Waals surface area (Å²) in [6.45, 7) is 4.39. The van der Waals surface area contributed by atoms with Gasteiger partial charge in [0.2, 0.25) is 0 Å². The number of piperidine rings is 1. The first-order valence-corrected chi connectivity index (χ1v) is 12.7. The lowest BCUT2D eigenvalue weighted by Crippen LogP contribution is -2.44. The van der Waals surface area contributed by atoms with Gasteiger partial charge in [0.25, 0.3) is 11.8 Å². The molecule has 2 aromatic heterocycles. The van der Waals surface area contributed by atoms with Gasteiger partial charge in [-0.2, -0.15) is 0 Å². The summed E-state index contributed by atoms with van der Waals surface area (Å²) < 4.78 is 1.98. The first kappa shape index (κ1) is 25.6. The molecule has 1 fully saturated rings. The normalized spacial score (nSPS) is 15.0. The maximum atomic E-state index is 13.0. The lowest BCUT2D eigenvalue weighted by atomic mass is 9.89. The minimum Gasteiger partial charge on any atom is -0.383 e. The molecule has 0 bridgehead atoms. The molecule has 1 saturated heterocycles. The van der Waals surface area contributed by atoms with Crippen molar-refractivity contribution in [2.45, 2.75) is 57.6 Å². The molecule has 3 heterocycles. The van der Waals surface area contributed by atoms with Gasteiger partial charge in [-0.15, -0.1) is 0 Å². The summed E-state index contributed by atoms with van der Waals surface area (Å²) in [5.41, 5.74) is 3.40. The number of imidazole rings is 1. The number of amides is 2. The molecule has 1 atom stereocenters. The predicted molar refractivity (Wildman–Crippen MR) is 137 cm³/mol. The maximum Gasteiger partial charge on any atom is 0.253 e. The summed E-state index contributed by atoms with van der Waals surface area (Å²) in [6.07, 6.45) is 7.74. The molecule has 190 valence electrons. The van der Waals surface area contributed by atoms with Crippen LogP contribution >= 0.6 is 0 Å². The van der Waals surface area contributed by atoms with Crippen LogP contribution in [0.4, 0.5) is 0 Å². The summed E-state index contributed by atoms with van der Waals surface area (Å²) in [5, 5.41) is 13.5. The second kappa shape index (κ2) is 12.4. The third kappa shape index (κ3) is 6.79. The van der Waals surface area contributed by atoms with E-state index in [4.69, 9.17) is 4.98 Å². The molecule has 4 rings (SSSR count). The number of carbonyl (C=O) groups excluding carboxylic acids is 2. The van der Waals surface area contributed by atoms with Crippen LogP contribution < -0.4 is 5.32 Å². The average Bonchev–Trinajstić information content (AvgIpc) is 3.43. The number of pyridine rings is 1. The van der Waals surface area contributed by atoms with E-state index in [9.17, 15) is 14.7 Å². The van der Waals surface area contributed by atoms with Gasteiger partial charge in [-0.3, -0.25) is 14.6 Å². The quantitative estimate of drug-likeness (QED) is 0.426. The Labute approximate surface area is 212 Å². The highest BCUT2D eigenvalue weighted by molar-refractivity contribution is 5.95.